The molecule has 0 saturated carbocycles. The standard InChI is InChI=1S/C27H32N6O2S/c1-36(2)16-15-34-20-33-26(9-10-30-33)22-4-8-27(29-18-22)35-24-6-7-25-21(17-24)3-5-23(31-25)19-32-13-11-28-12-14-32/h3-10,17-18,28H,1,11-16,19-20H2,2H3/t36-/m0/s1. The van der Waals surface area contributed by atoms with E-state index in [1.807, 2.05) is 41.1 Å². The number of nitrogens with zero attached hydrogens (tertiary/aromatic N) is 5. The van der Waals surface area contributed by atoms with Gasteiger partial charge in [0.25, 0.3) is 0 Å². The lowest BCUT2D eigenvalue weighted by molar-refractivity contribution is 0.0824. The Morgan fingerprint density at radius 2 is 1.97 bits per heavy atom. The molecule has 36 heavy (non-hydrogen) atoms. The van der Waals surface area contributed by atoms with Crippen molar-refractivity contribution in [2.75, 3.05) is 44.8 Å². The third kappa shape index (κ3) is 6.36. The quantitative estimate of drug-likeness (QED) is 0.258. The van der Waals surface area contributed by atoms with E-state index in [0.29, 0.717) is 19.2 Å². The summed E-state index contributed by atoms with van der Waals surface area (Å²) < 4.78 is 13.6. The molecule has 188 valence electrons. The summed E-state index contributed by atoms with van der Waals surface area (Å²) in [5, 5.41) is 8.81. The molecule has 1 aliphatic rings. The third-order valence-corrected chi connectivity index (χ3v) is 6.94. The van der Waals surface area contributed by atoms with Crippen LogP contribution in [0.15, 0.2) is 60.9 Å². The number of piperazine rings is 1. The molecule has 1 N–H and O–H groups in total. The molecule has 0 aliphatic carbocycles. The predicted octanol–water partition coefficient (Wildman–Crippen LogP) is 4.00. The number of nitrogens with one attached hydrogen (secondary N) is 1. The van der Waals surface area contributed by atoms with E-state index in [2.05, 4.69) is 44.6 Å². The number of rotatable bonds is 10. The van der Waals surface area contributed by atoms with Crippen LogP contribution in [0.4, 0.5) is 0 Å². The third-order valence-electron chi connectivity index (χ3n) is 6.07. The van der Waals surface area contributed by atoms with Crippen molar-refractivity contribution in [3.8, 4) is 22.9 Å². The van der Waals surface area contributed by atoms with Crippen LogP contribution in [0.5, 0.6) is 11.6 Å². The summed E-state index contributed by atoms with van der Waals surface area (Å²) in [7, 11) is 0.129. The number of benzene rings is 1. The number of fused-ring (bicyclic) bond motifs is 1. The number of hydrogen-bond donors (Lipinski definition) is 1. The van der Waals surface area contributed by atoms with Gasteiger partial charge < -0.3 is 14.8 Å². The maximum absolute atomic E-state index is 6.04. The monoisotopic (exact) mass is 504 g/mol. The number of pyridine rings is 2. The van der Waals surface area contributed by atoms with Gasteiger partial charge in [-0.2, -0.15) is 15.6 Å². The minimum Gasteiger partial charge on any atom is -0.439 e. The fourth-order valence-electron chi connectivity index (χ4n) is 4.14. The Morgan fingerprint density at radius 3 is 2.78 bits per heavy atom. The van der Waals surface area contributed by atoms with Crippen molar-refractivity contribution >= 4 is 27.3 Å². The molecule has 0 unspecified atom stereocenters. The number of aromatic nitrogens is 4. The summed E-state index contributed by atoms with van der Waals surface area (Å²) in [6.07, 6.45) is 5.68. The van der Waals surface area contributed by atoms with Crippen LogP contribution in [0.3, 0.4) is 0 Å². The van der Waals surface area contributed by atoms with Gasteiger partial charge in [0.2, 0.25) is 5.88 Å². The van der Waals surface area contributed by atoms with Crippen LogP contribution in [0, 0.1) is 0 Å². The van der Waals surface area contributed by atoms with Gasteiger partial charge in [-0.3, -0.25) is 9.88 Å². The van der Waals surface area contributed by atoms with Crippen molar-refractivity contribution in [1.82, 2.24) is 30.0 Å². The van der Waals surface area contributed by atoms with E-state index in [4.69, 9.17) is 14.5 Å². The van der Waals surface area contributed by atoms with Crippen molar-refractivity contribution in [3.63, 3.8) is 0 Å². The molecule has 5 rings (SSSR count). The Bertz CT molecular complexity index is 1320. The second kappa shape index (κ2) is 11.7. The molecule has 1 fully saturated rings. The first kappa shape index (κ1) is 24.6. The van der Waals surface area contributed by atoms with Crippen LogP contribution in [-0.2, 0) is 18.0 Å². The van der Waals surface area contributed by atoms with Crippen molar-refractivity contribution in [2.45, 2.75) is 13.3 Å². The van der Waals surface area contributed by atoms with Crippen LogP contribution in [0.25, 0.3) is 22.2 Å². The minimum absolute atomic E-state index is 0.129. The Kier molecular flexibility index (Phi) is 8.02. The molecule has 1 aromatic carbocycles. The van der Waals surface area contributed by atoms with Gasteiger partial charge in [-0.15, -0.1) is 0 Å². The smallest absolute Gasteiger partial charge is 0.219 e. The molecular formula is C27H32N6O2S. The summed E-state index contributed by atoms with van der Waals surface area (Å²) in [5.41, 5.74) is 3.97. The molecule has 1 atom stereocenters. The topological polar surface area (TPSA) is 77.3 Å². The van der Waals surface area contributed by atoms with E-state index < -0.39 is 0 Å². The fourth-order valence-corrected chi connectivity index (χ4v) is 4.54. The normalized spacial score (nSPS) is 15.2. The summed E-state index contributed by atoms with van der Waals surface area (Å²) >= 11 is 0. The van der Waals surface area contributed by atoms with Gasteiger partial charge in [-0.05, 0) is 42.7 Å². The SMILES string of the molecule is C=[S@@](C)CCOCn1nccc1-c1ccc(Oc2ccc3nc(CN4CCNCC4)ccc3c2)nc1. The van der Waals surface area contributed by atoms with Crippen LogP contribution in [0.2, 0.25) is 0 Å². The molecule has 8 nitrogen and oxygen atoms in total. The highest BCUT2D eigenvalue weighted by Crippen LogP contribution is 2.26. The first-order valence-electron chi connectivity index (χ1n) is 12.1. The molecule has 3 aromatic heterocycles. The Balaban J connectivity index is 1.22. The predicted molar refractivity (Wildman–Crippen MR) is 147 cm³/mol. The molecule has 1 saturated heterocycles. The van der Waals surface area contributed by atoms with Crippen LogP contribution in [0.1, 0.15) is 5.69 Å². The Morgan fingerprint density at radius 1 is 1.08 bits per heavy atom. The highest BCUT2D eigenvalue weighted by atomic mass is 32.2. The van der Waals surface area contributed by atoms with Crippen molar-refractivity contribution in [3.05, 3.63) is 66.6 Å². The lowest BCUT2D eigenvalue weighted by Crippen LogP contribution is -2.43. The van der Waals surface area contributed by atoms with E-state index in [9.17, 15) is 0 Å². The van der Waals surface area contributed by atoms with Gasteiger partial charge in [0, 0.05) is 67.9 Å². The molecule has 9 heteroatoms. The average molecular weight is 505 g/mol. The van der Waals surface area contributed by atoms with Crippen molar-refractivity contribution < 1.29 is 9.47 Å². The maximum atomic E-state index is 6.04. The Labute approximate surface area is 214 Å². The summed E-state index contributed by atoms with van der Waals surface area (Å²) in [4.78, 5) is 11.8. The largest absolute Gasteiger partial charge is 0.439 e. The highest BCUT2D eigenvalue weighted by molar-refractivity contribution is 8.13. The first-order valence-corrected chi connectivity index (χ1v) is 14.1. The fraction of sp³-hybridized carbons (Fsp3) is 0.333. The lowest BCUT2D eigenvalue weighted by atomic mass is 10.2. The van der Waals surface area contributed by atoms with E-state index >= 15 is 0 Å². The summed E-state index contributed by atoms with van der Waals surface area (Å²) in [6, 6.07) is 16.0. The minimum atomic E-state index is 0.129. The van der Waals surface area contributed by atoms with Crippen LogP contribution >= 0.6 is 10.5 Å². The first-order chi connectivity index (χ1) is 17.6. The van der Waals surface area contributed by atoms with Gasteiger partial charge in [0.1, 0.15) is 12.5 Å². The second-order valence-corrected chi connectivity index (χ2v) is 10.9. The summed E-state index contributed by atoms with van der Waals surface area (Å²) in [5.74, 6) is 6.23. The van der Waals surface area contributed by atoms with Gasteiger partial charge in [0.15, 0.2) is 0 Å². The second-order valence-electron chi connectivity index (χ2n) is 8.91. The molecule has 4 heterocycles. The van der Waals surface area contributed by atoms with Crippen molar-refractivity contribution in [2.24, 2.45) is 0 Å². The lowest BCUT2D eigenvalue weighted by Gasteiger charge is -2.26. The van der Waals surface area contributed by atoms with Crippen LogP contribution < -0.4 is 10.1 Å². The number of ether oxygens (including phenoxy) is 2. The van der Waals surface area contributed by atoms with Crippen molar-refractivity contribution in [1.29, 1.82) is 0 Å². The molecule has 1 aliphatic heterocycles. The molecule has 0 bridgehead atoms. The molecule has 0 amide bonds. The highest BCUT2D eigenvalue weighted by Gasteiger charge is 2.12. The molecule has 0 spiro atoms. The Hall–Kier alpha value is -3.11. The molecular weight excluding hydrogens is 472 g/mol. The zero-order valence-electron chi connectivity index (χ0n) is 20.6. The zero-order chi connectivity index (χ0) is 24.7. The van der Waals surface area contributed by atoms with Gasteiger partial charge >= 0.3 is 0 Å². The maximum Gasteiger partial charge on any atom is 0.219 e. The van der Waals surface area contributed by atoms with E-state index in [1.165, 1.54) is 0 Å². The van der Waals surface area contributed by atoms with E-state index in [1.54, 1.807) is 12.4 Å². The van der Waals surface area contributed by atoms with Gasteiger partial charge in [-0.1, -0.05) is 11.9 Å². The summed E-state index contributed by atoms with van der Waals surface area (Å²) in [6.45, 7) is 6.16. The van der Waals surface area contributed by atoms with E-state index in [0.717, 1.165) is 72.1 Å². The van der Waals surface area contributed by atoms with Crippen LogP contribution in [-0.4, -0.2) is 75.3 Å². The van der Waals surface area contributed by atoms with Gasteiger partial charge in [0.05, 0.1) is 23.5 Å². The average Bonchev–Trinajstić information content (AvgIpc) is 3.36. The number of hydrogen-bond acceptors (Lipinski definition) is 7. The van der Waals surface area contributed by atoms with Gasteiger partial charge in [-0.25, -0.2) is 9.67 Å². The van der Waals surface area contributed by atoms with E-state index in [-0.39, 0.29) is 10.5 Å². The zero-order valence-corrected chi connectivity index (χ0v) is 21.4. The molecule has 0 radical (unpaired) electrons. The molecule has 4 aromatic rings.